The van der Waals surface area contributed by atoms with E-state index in [0.717, 1.165) is 41.6 Å². The van der Waals surface area contributed by atoms with E-state index >= 15 is 0 Å². The van der Waals surface area contributed by atoms with Gasteiger partial charge in [-0.2, -0.15) is 0 Å². The summed E-state index contributed by atoms with van der Waals surface area (Å²) in [4.78, 5) is 4.59. The van der Waals surface area contributed by atoms with E-state index in [0.29, 0.717) is 6.54 Å². The Morgan fingerprint density at radius 2 is 1.56 bits per heavy atom. The summed E-state index contributed by atoms with van der Waals surface area (Å²) in [5.41, 5.74) is 3.03. The largest absolute Gasteiger partial charge is 0.357 e. The molecule has 0 bridgehead atoms. The molecule has 0 aliphatic rings. The Balaban J connectivity index is 1.89. The zero-order valence-corrected chi connectivity index (χ0v) is 17.3. The Labute approximate surface area is 166 Å². The Morgan fingerprint density at radius 1 is 0.963 bits per heavy atom. The van der Waals surface area contributed by atoms with E-state index in [2.05, 4.69) is 15.6 Å². The summed E-state index contributed by atoms with van der Waals surface area (Å²) in [6.45, 7) is 4.09. The van der Waals surface area contributed by atoms with Gasteiger partial charge in [0, 0.05) is 24.4 Å². The third-order valence-electron chi connectivity index (χ3n) is 3.84. The van der Waals surface area contributed by atoms with Crippen LogP contribution in [0, 0.1) is 0 Å². The first kappa shape index (κ1) is 21.3. The fraction of sp³-hybridized carbons (Fsp3) is 0.350. The summed E-state index contributed by atoms with van der Waals surface area (Å²) in [5, 5.41) is 7.29. The fourth-order valence-electron chi connectivity index (χ4n) is 2.53. The van der Waals surface area contributed by atoms with Gasteiger partial charge in [0.25, 0.3) is 0 Å². The first-order valence-corrected chi connectivity index (χ1v) is 11.3. The number of nitrogens with one attached hydrogen (secondary N) is 2. The predicted molar refractivity (Wildman–Crippen MR) is 113 cm³/mol. The van der Waals surface area contributed by atoms with Gasteiger partial charge in [0.2, 0.25) is 0 Å². The molecular weight excluding hydrogens is 382 g/mol. The zero-order chi connectivity index (χ0) is 19.7. The summed E-state index contributed by atoms with van der Waals surface area (Å²) in [6, 6.07) is 15.3. The van der Waals surface area contributed by atoms with Crippen LogP contribution in [0.1, 0.15) is 23.6 Å². The average Bonchev–Trinajstić information content (AvgIpc) is 2.61. The lowest BCUT2D eigenvalue weighted by molar-refractivity contribution is 0.601. The van der Waals surface area contributed by atoms with E-state index in [-0.39, 0.29) is 5.75 Å². The van der Waals surface area contributed by atoms with Crippen molar-refractivity contribution in [1.29, 1.82) is 0 Å². The summed E-state index contributed by atoms with van der Waals surface area (Å²) in [5.74, 6) is 0.817. The Bertz CT molecular complexity index is 848. The van der Waals surface area contributed by atoms with Gasteiger partial charge >= 0.3 is 0 Å². The number of rotatable bonds is 8. The fourth-order valence-corrected chi connectivity index (χ4v) is 3.46. The molecule has 2 aromatic rings. The number of sulfone groups is 1. The van der Waals surface area contributed by atoms with Crippen molar-refractivity contribution in [2.24, 2.45) is 4.99 Å². The molecule has 2 N–H and O–H groups in total. The second-order valence-electron chi connectivity index (χ2n) is 6.38. The van der Waals surface area contributed by atoms with Crippen molar-refractivity contribution in [3.8, 4) is 0 Å². The van der Waals surface area contributed by atoms with Crippen molar-refractivity contribution in [3.63, 3.8) is 0 Å². The normalized spacial score (nSPS) is 12.0. The number of aliphatic imine (C=N–C) groups is 1. The van der Waals surface area contributed by atoms with Crippen LogP contribution in [0.2, 0.25) is 5.02 Å². The second-order valence-corrected chi connectivity index (χ2v) is 8.96. The molecule has 0 saturated heterocycles. The van der Waals surface area contributed by atoms with Gasteiger partial charge in [0.05, 0.1) is 12.3 Å². The molecule has 0 aliphatic carbocycles. The predicted octanol–water partition coefficient (Wildman–Crippen LogP) is 3.18. The Hall–Kier alpha value is -2.05. The zero-order valence-electron chi connectivity index (χ0n) is 15.7. The van der Waals surface area contributed by atoms with Crippen LogP contribution in [0.25, 0.3) is 0 Å². The molecule has 0 unspecified atom stereocenters. The molecule has 0 amide bonds. The van der Waals surface area contributed by atoms with Crippen LogP contribution in [0.15, 0.2) is 53.5 Å². The molecule has 0 fully saturated rings. The molecule has 7 heteroatoms. The van der Waals surface area contributed by atoms with Crippen LogP contribution in [-0.4, -0.2) is 33.7 Å². The van der Waals surface area contributed by atoms with E-state index in [1.165, 1.54) is 11.8 Å². The third-order valence-corrected chi connectivity index (χ3v) is 4.94. The molecule has 5 nitrogen and oxygen atoms in total. The quantitative estimate of drug-likeness (QED) is 0.520. The van der Waals surface area contributed by atoms with Gasteiger partial charge in [-0.25, -0.2) is 13.4 Å². The van der Waals surface area contributed by atoms with Crippen molar-refractivity contribution in [3.05, 3.63) is 70.2 Å². The highest BCUT2D eigenvalue weighted by atomic mass is 35.5. The molecule has 0 radical (unpaired) electrons. The summed E-state index contributed by atoms with van der Waals surface area (Å²) in [6.07, 6.45) is 2.12. The molecule has 0 heterocycles. The minimum Gasteiger partial charge on any atom is -0.357 e. The topological polar surface area (TPSA) is 70.6 Å². The van der Waals surface area contributed by atoms with Crippen LogP contribution in [0.4, 0.5) is 0 Å². The monoisotopic (exact) mass is 407 g/mol. The minimum atomic E-state index is -3.01. The summed E-state index contributed by atoms with van der Waals surface area (Å²) in [7, 11) is -3.01. The third kappa shape index (κ3) is 8.45. The van der Waals surface area contributed by atoms with Crippen LogP contribution in [-0.2, 0) is 28.6 Å². The number of hydrogen-bond acceptors (Lipinski definition) is 3. The van der Waals surface area contributed by atoms with Gasteiger partial charge in [-0.3, -0.25) is 0 Å². The summed E-state index contributed by atoms with van der Waals surface area (Å²) < 4.78 is 22.7. The van der Waals surface area contributed by atoms with Crippen molar-refractivity contribution in [1.82, 2.24) is 10.6 Å². The maximum atomic E-state index is 11.3. The van der Waals surface area contributed by atoms with Crippen LogP contribution >= 0.6 is 11.6 Å². The van der Waals surface area contributed by atoms with Gasteiger partial charge in [-0.1, -0.05) is 48.0 Å². The number of nitrogens with zero attached hydrogens (tertiary/aromatic N) is 1. The lowest BCUT2D eigenvalue weighted by Gasteiger charge is -2.11. The van der Waals surface area contributed by atoms with Crippen molar-refractivity contribution >= 4 is 27.4 Å². The SMILES string of the molecule is CCNC(=NCc1ccc(CS(C)(=O)=O)cc1)NCCc1ccc(Cl)cc1. The van der Waals surface area contributed by atoms with Crippen molar-refractivity contribution in [2.75, 3.05) is 19.3 Å². The molecule has 0 atom stereocenters. The highest BCUT2D eigenvalue weighted by molar-refractivity contribution is 7.89. The first-order chi connectivity index (χ1) is 12.9. The molecule has 0 aliphatic heterocycles. The van der Waals surface area contributed by atoms with Gasteiger partial charge in [0.15, 0.2) is 15.8 Å². The maximum Gasteiger partial charge on any atom is 0.191 e. The maximum absolute atomic E-state index is 11.3. The van der Waals surface area contributed by atoms with Crippen LogP contribution in [0.3, 0.4) is 0 Å². The second kappa shape index (κ2) is 10.3. The number of halogens is 1. The molecule has 146 valence electrons. The Kier molecular flexibility index (Phi) is 8.13. The van der Waals surface area contributed by atoms with Crippen LogP contribution in [0.5, 0.6) is 0 Å². The molecule has 2 rings (SSSR count). The van der Waals surface area contributed by atoms with Crippen molar-refractivity contribution in [2.45, 2.75) is 25.6 Å². The molecule has 0 saturated carbocycles. The van der Waals surface area contributed by atoms with Crippen LogP contribution < -0.4 is 10.6 Å². The van der Waals surface area contributed by atoms with Gasteiger partial charge in [0.1, 0.15) is 0 Å². The molecule has 2 aromatic carbocycles. The minimum absolute atomic E-state index is 0.0610. The smallest absolute Gasteiger partial charge is 0.191 e. The van der Waals surface area contributed by atoms with E-state index in [1.807, 2.05) is 55.5 Å². The van der Waals surface area contributed by atoms with E-state index in [1.54, 1.807) is 0 Å². The number of hydrogen-bond donors (Lipinski definition) is 2. The van der Waals surface area contributed by atoms with Gasteiger partial charge in [-0.15, -0.1) is 0 Å². The van der Waals surface area contributed by atoms with E-state index in [9.17, 15) is 8.42 Å². The number of benzene rings is 2. The molecular formula is C20H26ClN3O2S. The average molecular weight is 408 g/mol. The lowest BCUT2D eigenvalue weighted by Crippen LogP contribution is -2.38. The van der Waals surface area contributed by atoms with Gasteiger partial charge < -0.3 is 10.6 Å². The Morgan fingerprint density at radius 3 is 2.15 bits per heavy atom. The number of guanidine groups is 1. The van der Waals surface area contributed by atoms with Gasteiger partial charge in [-0.05, 0) is 42.2 Å². The molecule has 0 aromatic heterocycles. The molecule has 0 spiro atoms. The van der Waals surface area contributed by atoms with Crippen molar-refractivity contribution < 1.29 is 8.42 Å². The highest BCUT2D eigenvalue weighted by Crippen LogP contribution is 2.10. The van der Waals surface area contributed by atoms with E-state index in [4.69, 9.17) is 11.6 Å². The summed E-state index contributed by atoms with van der Waals surface area (Å²) >= 11 is 5.90. The highest BCUT2D eigenvalue weighted by Gasteiger charge is 2.04. The van der Waals surface area contributed by atoms with E-state index < -0.39 is 9.84 Å². The molecule has 27 heavy (non-hydrogen) atoms. The standard InChI is InChI=1S/C20H26ClN3O2S/c1-3-22-20(23-13-12-16-8-10-19(21)11-9-16)24-14-17-4-6-18(7-5-17)15-27(2,25)26/h4-11H,3,12-15H2,1-2H3,(H2,22,23,24). The first-order valence-electron chi connectivity index (χ1n) is 8.88. The lowest BCUT2D eigenvalue weighted by atomic mass is 10.1.